The maximum atomic E-state index is 12.4. The predicted molar refractivity (Wildman–Crippen MR) is 104 cm³/mol. The van der Waals surface area contributed by atoms with Crippen LogP contribution in [0.3, 0.4) is 0 Å². The maximum Gasteiger partial charge on any atom is 0.255 e. The van der Waals surface area contributed by atoms with E-state index in [9.17, 15) is 13.2 Å². The molecule has 128 valence electrons. The zero-order chi connectivity index (χ0) is 18.0. The molecule has 0 bridgehead atoms. The molecule has 5 nitrogen and oxygen atoms in total. The monoisotopic (exact) mass is 458 g/mol. The van der Waals surface area contributed by atoms with Crippen LogP contribution in [0.2, 0.25) is 0 Å². The van der Waals surface area contributed by atoms with Gasteiger partial charge in [0.1, 0.15) is 0 Å². The van der Waals surface area contributed by atoms with Gasteiger partial charge in [0.15, 0.2) is 0 Å². The minimum Gasteiger partial charge on any atom is -0.322 e. The summed E-state index contributed by atoms with van der Waals surface area (Å²) in [7, 11) is -3.65. The van der Waals surface area contributed by atoms with Crippen LogP contribution in [0.25, 0.3) is 0 Å². The van der Waals surface area contributed by atoms with E-state index in [1.165, 1.54) is 12.1 Å². The van der Waals surface area contributed by atoms with Crippen molar-refractivity contribution in [1.82, 2.24) is 4.72 Å². The second-order valence-electron chi connectivity index (χ2n) is 6.35. The molecular weight excluding hydrogens is 439 g/mol. The first kappa shape index (κ1) is 18.9. The van der Waals surface area contributed by atoms with E-state index in [1.807, 2.05) is 6.07 Å². The summed E-state index contributed by atoms with van der Waals surface area (Å²) >= 11 is 2.13. The van der Waals surface area contributed by atoms with Crippen molar-refractivity contribution in [3.8, 4) is 0 Å². The van der Waals surface area contributed by atoms with Gasteiger partial charge >= 0.3 is 0 Å². The molecule has 0 atom stereocenters. The van der Waals surface area contributed by atoms with Crippen LogP contribution >= 0.6 is 22.6 Å². The number of amides is 1. The van der Waals surface area contributed by atoms with Crippen LogP contribution in [-0.2, 0) is 10.0 Å². The topological polar surface area (TPSA) is 75.3 Å². The Balaban J connectivity index is 2.23. The van der Waals surface area contributed by atoms with Gasteiger partial charge in [0.2, 0.25) is 10.0 Å². The fraction of sp³-hybridized carbons (Fsp3) is 0.235. The normalized spacial score (nSPS) is 12.0. The number of carbonyl (C=O) groups excluding carboxylic acids is 1. The molecule has 24 heavy (non-hydrogen) atoms. The molecule has 0 saturated carbocycles. The van der Waals surface area contributed by atoms with Gasteiger partial charge in [-0.25, -0.2) is 13.1 Å². The van der Waals surface area contributed by atoms with Gasteiger partial charge in [0.25, 0.3) is 5.91 Å². The van der Waals surface area contributed by atoms with Crippen molar-refractivity contribution >= 4 is 44.2 Å². The van der Waals surface area contributed by atoms with Crippen molar-refractivity contribution in [2.75, 3.05) is 5.32 Å². The molecule has 0 aliphatic carbocycles. The molecule has 7 heteroatoms. The lowest BCUT2D eigenvalue weighted by molar-refractivity contribution is 0.102. The maximum absolute atomic E-state index is 12.4. The van der Waals surface area contributed by atoms with Crippen LogP contribution in [0.4, 0.5) is 5.69 Å². The first-order valence-electron chi connectivity index (χ1n) is 7.28. The highest BCUT2D eigenvalue weighted by Crippen LogP contribution is 2.18. The average molecular weight is 458 g/mol. The molecule has 1 amide bonds. The fourth-order valence-electron chi connectivity index (χ4n) is 2.04. The standard InChI is InChI=1S/C17H19IN2O3S/c1-17(2,3)20-24(22,23)15-9-5-8-14(11-15)19-16(21)12-6-4-7-13(18)10-12/h4-11,20H,1-3H3,(H,19,21). The van der Waals surface area contributed by atoms with Gasteiger partial charge in [-0.3, -0.25) is 4.79 Å². The fourth-order valence-corrected chi connectivity index (χ4v) is 4.04. The quantitative estimate of drug-likeness (QED) is 0.688. The summed E-state index contributed by atoms with van der Waals surface area (Å²) in [5.74, 6) is -0.285. The van der Waals surface area contributed by atoms with E-state index in [1.54, 1.807) is 51.1 Å². The molecular formula is C17H19IN2O3S. The Morgan fingerprint density at radius 3 is 2.33 bits per heavy atom. The summed E-state index contributed by atoms with van der Waals surface area (Å²) in [6, 6.07) is 13.4. The lowest BCUT2D eigenvalue weighted by Gasteiger charge is -2.20. The Bertz CT molecular complexity index is 858. The van der Waals surface area contributed by atoms with Crippen LogP contribution in [0, 0.1) is 3.57 Å². The van der Waals surface area contributed by atoms with Crippen LogP contribution in [-0.4, -0.2) is 19.9 Å². The van der Waals surface area contributed by atoms with Crippen molar-refractivity contribution in [2.24, 2.45) is 0 Å². The highest BCUT2D eigenvalue weighted by molar-refractivity contribution is 14.1. The highest BCUT2D eigenvalue weighted by Gasteiger charge is 2.22. The summed E-state index contributed by atoms with van der Waals surface area (Å²) in [4.78, 5) is 12.4. The van der Waals surface area contributed by atoms with Gasteiger partial charge in [0.05, 0.1) is 4.90 Å². The summed E-state index contributed by atoms with van der Waals surface area (Å²) in [6.45, 7) is 5.31. The van der Waals surface area contributed by atoms with Gasteiger partial charge in [-0.15, -0.1) is 0 Å². The number of anilines is 1. The molecule has 2 aromatic carbocycles. The number of carbonyl (C=O) groups is 1. The number of rotatable bonds is 4. The van der Waals surface area contributed by atoms with Gasteiger partial charge in [0, 0.05) is 20.4 Å². The molecule has 0 saturated heterocycles. The van der Waals surface area contributed by atoms with Gasteiger partial charge in [-0.2, -0.15) is 0 Å². The largest absolute Gasteiger partial charge is 0.322 e. The Morgan fingerprint density at radius 2 is 1.71 bits per heavy atom. The van der Waals surface area contributed by atoms with Crippen molar-refractivity contribution in [3.05, 3.63) is 57.7 Å². The second-order valence-corrected chi connectivity index (χ2v) is 9.28. The Hall–Kier alpha value is -1.45. The van der Waals surface area contributed by atoms with E-state index in [-0.39, 0.29) is 10.8 Å². The van der Waals surface area contributed by atoms with E-state index in [4.69, 9.17) is 0 Å². The zero-order valence-electron chi connectivity index (χ0n) is 13.6. The van der Waals surface area contributed by atoms with E-state index in [2.05, 4.69) is 32.6 Å². The lowest BCUT2D eigenvalue weighted by atomic mass is 10.1. The van der Waals surface area contributed by atoms with Crippen molar-refractivity contribution < 1.29 is 13.2 Å². The van der Waals surface area contributed by atoms with Gasteiger partial charge in [-0.05, 0) is 79.8 Å². The van der Waals surface area contributed by atoms with E-state index in [0.29, 0.717) is 11.3 Å². The molecule has 2 N–H and O–H groups in total. The second kappa shape index (κ2) is 7.20. The minimum atomic E-state index is -3.65. The van der Waals surface area contributed by atoms with Crippen molar-refractivity contribution in [3.63, 3.8) is 0 Å². The summed E-state index contributed by atoms with van der Waals surface area (Å²) in [5.41, 5.74) is 0.359. The number of halogens is 1. The third kappa shape index (κ3) is 5.29. The average Bonchev–Trinajstić information content (AvgIpc) is 2.45. The van der Waals surface area contributed by atoms with Gasteiger partial charge in [-0.1, -0.05) is 12.1 Å². The van der Waals surface area contributed by atoms with Crippen LogP contribution in [0.5, 0.6) is 0 Å². The minimum absolute atomic E-state index is 0.109. The van der Waals surface area contributed by atoms with E-state index in [0.717, 1.165) is 3.57 Å². The third-order valence-corrected chi connectivity index (χ3v) is 5.36. The van der Waals surface area contributed by atoms with E-state index < -0.39 is 15.6 Å². The molecule has 0 fully saturated rings. The lowest BCUT2D eigenvalue weighted by Crippen LogP contribution is -2.40. The SMILES string of the molecule is CC(C)(C)NS(=O)(=O)c1cccc(NC(=O)c2cccc(I)c2)c1. The number of sulfonamides is 1. The van der Waals surface area contributed by atoms with Crippen LogP contribution in [0.1, 0.15) is 31.1 Å². The molecule has 2 rings (SSSR count). The highest BCUT2D eigenvalue weighted by atomic mass is 127. The van der Waals surface area contributed by atoms with Gasteiger partial charge < -0.3 is 5.32 Å². The third-order valence-electron chi connectivity index (χ3n) is 2.93. The molecule has 0 aliphatic rings. The molecule has 0 heterocycles. The first-order valence-corrected chi connectivity index (χ1v) is 9.84. The number of nitrogens with one attached hydrogen (secondary N) is 2. The zero-order valence-corrected chi connectivity index (χ0v) is 16.6. The Labute approximate surface area is 156 Å². The molecule has 0 unspecified atom stereocenters. The molecule has 2 aromatic rings. The molecule has 0 aromatic heterocycles. The van der Waals surface area contributed by atoms with Crippen molar-refractivity contribution in [2.45, 2.75) is 31.2 Å². The smallest absolute Gasteiger partial charge is 0.255 e. The molecule has 0 spiro atoms. The summed E-state index contributed by atoms with van der Waals surface area (Å²) in [5, 5.41) is 2.73. The number of hydrogen-bond donors (Lipinski definition) is 2. The Kier molecular flexibility index (Phi) is 5.67. The molecule has 0 aliphatic heterocycles. The summed E-state index contributed by atoms with van der Waals surface area (Å²) in [6.07, 6.45) is 0. The first-order chi connectivity index (χ1) is 11.1. The van der Waals surface area contributed by atoms with Crippen molar-refractivity contribution in [1.29, 1.82) is 0 Å². The Morgan fingerprint density at radius 1 is 1.04 bits per heavy atom. The van der Waals surface area contributed by atoms with Crippen LogP contribution in [0.15, 0.2) is 53.4 Å². The van der Waals surface area contributed by atoms with Crippen LogP contribution < -0.4 is 10.0 Å². The van der Waals surface area contributed by atoms with E-state index >= 15 is 0 Å². The number of hydrogen-bond acceptors (Lipinski definition) is 3. The number of benzene rings is 2. The molecule has 0 radical (unpaired) electrons. The predicted octanol–water partition coefficient (Wildman–Crippen LogP) is 3.62. The summed E-state index contributed by atoms with van der Waals surface area (Å²) < 4.78 is 28.3.